The summed E-state index contributed by atoms with van der Waals surface area (Å²) in [6, 6.07) is 1.36. The molecule has 1 saturated heterocycles. The molecule has 1 aliphatic heterocycles. The van der Waals surface area contributed by atoms with E-state index in [4.69, 9.17) is 9.47 Å². The lowest BCUT2D eigenvalue weighted by molar-refractivity contribution is -0.607. The van der Waals surface area contributed by atoms with Crippen molar-refractivity contribution >= 4 is 0 Å². The number of halogens is 1. The third-order valence-corrected chi connectivity index (χ3v) is 1.79. The van der Waals surface area contributed by atoms with Crippen LogP contribution in [0.2, 0.25) is 0 Å². The van der Waals surface area contributed by atoms with E-state index in [1.165, 1.54) is 12.3 Å². The van der Waals surface area contributed by atoms with Gasteiger partial charge in [0.2, 0.25) is 6.20 Å². The summed E-state index contributed by atoms with van der Waals surface area (Å²) in [5.74, 6) is -0.607. The maximum atomic E-state index is 13.1. The summed E-state index contributed by atoms with van der Waals surface area (Å²) in [6.07, 6.45) is 1.39. The van der Waals surface area contributed by atoms with Gasteiger partial charge < -0.3 is 14.7 Å². The minimum absolute atomic E-state index is 0.268. The van der Waals surface area contributed by atoms with Crippen LogP contribution in [0, 0.1) is 11.0 Å². The number of hydrogen-bond donors (Lipinski definition) is 0. The summed E-state index contributed by atoms with van der Waals surface area (Å²) in [4.78, 5) is 0. The van der Waals surface area contributed by atoms with Gasteiger partial charge in [0.25, 0.3) is 0 Å². The summed E-state index contributed by atoms with van der Waals surface area (Å²) < 4.78 is 23.7. The molecule has 13 heavy (non-hydrogen) atoms. The minimum Gasteiger partial charge on any atom is -0.619 e. The molecule has 0 N–H and O–H groups in total. The highest BCUT2D eigenvalue weighted by molar-refractivity contribution is 5.12. The molecule has 1 fully saturated rings. The monoisotopic (exact) mass is 185 g/mol. The molecule has 1 aliphatic rings. The fourth-order valence-electron chi connectivity index (χ4n) is 1.19. The zero-order chi connectivity index (χ0) is 9.26. The molecular weight excluding hydrogens is 177 g/mol. The maximum Gasteiger partial charge on any atom is 0.216 e. The van der Waals surface area contributed by atoms with Crippen LogP contribution in [0.4, 0.5) is 4.39 Å². The first-order chi connectivity index (χ1) is 6.27. The Morgan fingerprint density at radius 3 is 2.77 bits per heavy atom. The summed E-state index contributed by atoms with van der Waals surface area (Å²) >= 11 is 0. The molecule has 0 aromatic carbocycles. The Balaban J connectivity index is 2.29. The minimum atomic E-state index is -0.666. The molecular formula is C8H8FNO3. The Hall–Kier alpha value is -1.20. The van der Waals surface area contributed by atoms with Crippen molar-refractivity contribution < 1.29 is 18.6 Å². The summed E-state index contributed by atoms with van der Waals surface area (Å²) in [6.45, 7) is 0.909. The topological polar surface area (TPSA) is 45.4 Å². The first kappa shape index (κ1) is 8.40. The Morgan fingerprint density at radius 1 is 1.46 bits per heavy atom. The van der Waals surface area contributed by atoms with Crippen molar-refractivity contribution in [3.8, 4) is 0 Å². The van der Waals surface area contributed by atoms with E-state index in [9.17, 15) is 9.60 Å². The average molecular weight is 185 g/mol. The van der Waals surface area contributed by atoms with Crippen molar-refractivity contribution in [2.45, 2.75) is 6.29 Å². The maximum absolute atomic E-state index is 13.1. The molecule has 2 rings (SSSR count). The Morgan fingerprint density at radius 2 is 2.15 bits per heavy atom. The third-order valence-electron chi connectivity index (χ3n) is 1.79. The highest BCUT2D eigenvalue weighted by Gasteiger charge is 2.22. The SMILES string of the molecule is [O-][n+]1ccc(C2OCCO2)c(F)c1. The van der Waals surface area contributed by atoms with E-state index < -0.39 is 12.1 Å². The second-order valence-electron chi connectivity index (χ2n) is 2.68. The summed E-state index contributed by atoms with van der Waals surface area (Å²) in [7, 11) is 0. The van der Waals surface area contributed by atoms with Gasteiger partial charge in [0.05, 0.1) is 18.8 Å². The van der Waals surface area contributed by atoms with E-state index in [-0.39, 0.29) is 5.56 Å². The normalized spacial score (nSPS) is 17.9. The van der Waals surface area contributed by atoms with Gasteiger partial charge in [-0.15, -0.1) is 0 Å². The van der Waals surface area contributed by atoms with Gasteiger partial charge in [-0.1, -0.05) is 0 Å². The zero-order valence-electron chi connectivity index (χ0n) is 6.77. The predicted molar refractivity (Wildman–Crippen MR) is 40.0 cm³/mol. The molecule has 0 radical (unpaired) electrons. The smallest absolute Gasteiger partial charge is 0.216 e. The molecule has 4 nitrogen and oxygen atoms in total. The van der Waals surface area contributed by atoms with Gasteiger partial charge in [-0.3, -0.25) is 0 Å². The first-order valence-electron chi connectivity index (χ1n) is 3.89. The number of aromatic nitrogens is 1. The zero-order valence-corrected chi connectivity index (χ0v) is 6.77. The lowest BCUT2D eigenvalue weighted by atomic mass is 10.2. The van der Waals surface area contributed by atoms with Crippen molar-refractivity contribution in [2.24, 2.45) is 0 Å². The number of hydrogen-bond acceptors (Lipinski definition) is 3. The van der Waals surface area contributed by atoms with Gasteiger partial charge in [0.1, 0.15) is 0 Å². The summed E-state index contributed by atoms with van der Waals surface area (Å²) in [5, 5.41) is 10.7. The number of pyridine rings is 1. The Bertz CT molecular complexity index is 312. The molecule has 70 valence electrons. The van der Waals surface area contributed by atoms with E-state index in [0.29, 0.717) is 17.9 Å². The van der Waals surface area contributed by atoms with Crippen LogP contribution in [0.25, 0.3) is 0 Å². The van der Waals surface area contributed by atoms with E-state index in [1.54, 1.807) is 0 Å². The van der Waals surface area contributed by atoms with Crippen LogP contribution in [0.5, 0.6) is 0 Å². The quantitative estimate of drug-likeness (QED) is 0.473. The van der Waals surface area contributed by atoms with E-state index in [0.717, 1.165) is 6.20 Å². The van der Waals surface area contributed by atoms with Crippen LogP contribution in [-0.2, 0) is 9.47 Å². The lowest BCUT2D eigenvalue weighted by Gasteiger charge is -2.08. The highest BCUT2D eigenvalue weighted by atomic mass is 19.1. The molecule has 1 aromatic rings. The molecule has 1 aromatic heterocycles. The fraction of sp³-hybridized carbons (Fsp3) is 0.375. The van der Waals surface area contributed by atoms with E-state index in [1.807, 2.05) is 0 Å². The highest BCUT2D eigenvalue weighted by Crippen LogP contribution is 2.24. The molecule has 2 heterocycles. The van der Waals surface area contributed by atoms with Crippen molar-refractivity contribution in [3.05, 3.63) is 35.0 Å². The van der Waals surface area contributed by atoms with Crippen molar-refractivity contribution in [1.29, 1.82) is 0 Å². The second-order valence-corrected chi connectivity index (χ2v) is 2.68. The van der Waals surface area contributed by atoms with Gasteiger partial charge in [-0.2, -0.15) is 9.12 Å². The van der Waals surface area contributed by atoms with Crippen LogP contribution in [0.1, 0.15) is 11.9 Å². The van der Waals surface area contributed by atoms with Gasteiger partial charge in [0, 0.05) is 6.07 Å². The molecule has 0 spiro atoms. The van der Waals surface area contributed by atoms with Crippen molar-refractivity contribution in [3.63, 3.8) is 0 Å². The summed E-state index contributed by atoms with van der Waals surface area (Å²) in [5.41, 5.74) is 0.268. The van der Waals surface area contributed by atoms with Crippen LogP contribution in [0.15, 0.2) is 18.5 Å². The molecule has 0 aliphatic carbocycles. The van der Waals surface area contributed by atoms with Gasteiger partial charge in [-0.05, 0) is 0 Å². The van der Waals surface area contributed by atoms with Crippen molar-refractivity contribution in [1.82, 2.24) is 0 Å². The van der Waals surface area contributed by atoms with Crippen LogP contribution in [0.3, 0.4) is 0 Å². The predicted octanol–water partition coefficient (Wildman–Crippen LogP) is 0.505. The molecule has 0 bridgehead atoms. The van der Waals surface area contributed by atoms with Gasteiger partial charge in [0.15, 0.2) is 18.3 Å². The third kappa shape index (κ3) is 1.61. The van der Waals surface area contributed by atoms with Crippen LogP contribution >= 0.6 is 0 Å². The fourth-order valence-corrected chi connectivity index (χ4v) is 1.19. The first-order valence-corrected chi connectivity index (χ1v) is 3.89. The largest absolute Gasteiger partial charge is 0.619 e. The Kier molecular flexibility index (Phi) is 2.12. The van der Waals surface area contributed by atoms with Gasteiger partial charge >= 0.3 is 0 Å². The molecule has 0 atom stereocenters. The number of ether oxygens (including phenoxy) is 2. The number of nitrogens with zero attached hydrogens (tertiary/aromatic N) is 1. The van der Waals surface area contributed by atoms with Gasteiger partial charge in [-0.25, -0.2) is 0 Å². The average Bonchev–Trinajstić information content (AvgIpc) is 2.56. The molecule has 0 amide bonds. The van der Waals surface area contributed by atoms with Crippen molar-refractivity contribution in [2.75, 3.05) is 13.2 Å². The van der Waals surface area contributed by atoms with Crippen LogP contribution < -0.4 is 4.73 Å². The lowest BCUT2D eigenvalue weighted by Crippen LogP contribution is -2.26. The van der Waals surface area contributed by atoms with E-state index >= 15 is 0 Å². The molecule has 5 heteroatoms. The van der Waals surface area contributed by atoms with Crippen LogP contribution in [-0.4, -0.2) is 13.2 Å². The van der Waals surface area contributed by atoms with E-state index in [2.05, 4.69) is 0 Å². The second kappa shape index (κ2) is 3.27. The molecule has 0 saturated carbocycles. The Labute approximate surface area is 74.1 Å². The standard InChI is InChI=1S/C8H8FNO3/c9-7-5-10(11)2-1-6(7)8-12-3-4-13-8/h1-2,5,8H,3-4H2. The molecule has 0 unspecified atom stereocenters. The number of rotatable bonds is 1.